The molecule has 2 nitrogen and oxygen atoms in total. The van der Waals surface area contributed by atoms with E-state index in [9.17, 15) is 0 Å². The van der Waals surface area contributed by atoms with Gasteiger partial charge in [0, 0.05) is 29.7 Å². The summed E-state index contributed by atoms with van der Waals surface area (Å²) in [5.41, 5.74) is 1.13. The molecule has 1 heterocycles. The van der Waals surface area contributed by atoms with E-state index < -0.39 is 0 Å². The average Bonchev–Trinajstić information content (AvgIpc) is 2.62. The summed E-state index contributed by atoms with van der Waals surface area (Å²) < 4.78 is 2.21. The molecule has 17 heavy (non-hydrogen) atoms. The molecular formula is C13H16Cl2N2. The Hall–Kier alpha value is -0.700. The smallest absolute Gasteiger partial charge is 0.0613 e. The van der Waals surface area contributed by atoms with Gasteiger partial charge in [0.1, 0.15) is 0 Å². The van der Waals surface area contributed by atoms with Crippen molar-refractivity contribution in [2.45, 2.75) is 19.5 Å². The molecule has 2 aromatic rings. The number of hydrogen-bond acceptors (Lipinski definition) is 1. The minimum absolute atomic E-state index is 0.472. The Morgan fingerprint density at radius 2 is 1.88 bits per heavy atom. The molecule has 92 valence electrons. The predicted octanol–water partition coefficient (Wildman–Crippen LogP) is 3.90. The van der Waals surface area contributed by atoms with Gasteiger partial charge in [-0.15, -0.1) is 0 Å². The molecule has 0 spiro atoms. The monoisotopic (exact) mass is 270 g/mol. The highest BCUT2D eigenvalue weighted by Gasteiger charge is 2.09. The molecule has 4 heteroatoms. The maximum absolute atomic E-state index is 6.06. The summed E-state index contributed by atoms with van der Waals surface area (Å²) in [5.74, 6) is 0. The fourth-order valence-electron chi connectivity index (χ4n) is 1.79. The lowest BCUT2D eigenvalue weighted by Crippen LogP contribution is -2.28. The summed E-state index contributed by atoms with van der Waals surface area (Å²) in [7, 11) is 4.17. The standard InChI is InChI=1S/C13H16Cl2N2/c1-9(16(2)3)8-17-5-4-10-6-11(14)12(15)7-13(10)17/h4-7,9H,8H2,1-3H3. The average molecular weight is 271 g/mol. The van der Waals surface area contributed by atoms with Gasteiger partial charge in [-0.25, -0.2) is 0 Å². The van der Waals surface area contributed by atoms with Gasteiger partial charge in [-0.2, -0.15) is 0 Å². The van der Waals surface area contributed by atoms with E-state index in [1.165, 1.54) is 0 Å². The van der Waals surface area contributed by atoms with Crippen LogP contribution >= 0.6 is 23.2 Å². The molecule has 1 aromatic heterocycles. The van der Waals surface area contributed by atoms with Crippen LogP contribution in [0.1, 0.15) is 6.92 Å². The zero-order valence-corrected chi connectivity index (χ0v) is 11.8. The fourth-order valence-corrected chi connectivity index (χ4v) is 2.12. The highest BCUT2D eigenvalue weighted by Crippen LogP contribution is 2.28. The van der Waals surface area contributed by atoms with Crippen molar-refractivity contribution in [3.05, 3.63) is 34.4 Å². The Morgan fingerprint density at radius 1 is 1.24 bits per heavy atom. The maximum Gasteiger partial charge on any atom is 0.0613 e. The van der Waals surface area contributed by atoms with Crippen molar-refractivity contribution < 1.29 is 0 Å². The van der Waals surface area contributed by atoms with Crippen LogP contribution in [0.4, 0.5) is 0 Å². The highest BCUT2D eigenvalue weighted by atomic mass is 35.5. The van der Waals surface area contributed by atoms with Crippen LogP contribution in [0.15, 0.2) is 24.4 Å². The number of benzene rings is 1. The van der Waals surface area contributed by atoms with Crippen LogP contribution in [0.5, 0.6) is 0 Å². The van der Waals surface area contributed by atoms with Gasteiger partial charge in [0.05, 0.1) is 10.0 Å². The predicted molar refractivity (Wildman–Crippen MR) is 75.1 cm³/mol. The van der Waals surface area contributed by atoms with Crippen LogP contribution < -0.4 is 0 Å². The third-order valence-corrected chi connectivity index (χ3v) is 3.88. The normalized spacial score (nSPS) is 13.5. The van der Waals surface area contributed by atoms with Crippen molar-refractivity contribution in [1.29, 1.82) is 0 Å². The van der Waals surface area contributed by atoms with Crippen molar-refractivity contribution in [3.8, 4) is 0 Å². The van der Waals surface area contributed by atoms with Gasteiger partial charge in [0.15, 0.2) is 0 Å². The van der Waals surface area contributed by atoms with E-state index in [1.807, 2.05) is 12.1 Å². The van der Waals surface area contributed by atoms with Crippen molar-refractivity contribution in [1.82, 2.24) is 9.47 Å². The number of hydrogen-bond donors (Lipinski definition) is 0. The van der Waals surface area contributed by atoms with Gasteiger partial charge >= 0.3 is 0 Å². The van der Waals surface area contributed by atoms with Crippen LogP contribution in [0.25, 0.3) is 10.9 Å². The quantitative estimate of drug-likeness (QED) is 0.822. The molecular weight excluding hydrogens is 255 g/mol. The lowest BCUT2D eigenvalue weighted by Gasteiger charge is -2.20. The van der Waals surface area contributed by atoms with Gasteiger partial charge in [-0.05, 0) is 39.2 Å². The summed E-state index contributed by atoms with van der Waals surface area (Å²) >= 11 is 12.1. The van der Waals surface area contributed by atoms with Crippen molar-refractivity contribution in [2.75, 3.05) is 14.1 Å². The molecule has 0 aliphatic carbocycles. The second-order valence-electron chi connectivity index (χ2n) is 4.61. The second kappa shape index (κ2) is 4.89. The van der Waals surface area contributed by atoms with Crippen LogP contribution in [0.2, 0.25) is 10.0 Å². The van der Waals surface area contributed by atoms with E-state index in [0.717, 1.165) is 17.4 Å². The summed E-state index contributed by atoms with van der Waals surface area (Å²) in [6.07, 6.45) is 2.08. The van der Waals surface area contributed by atoms with Crippen LogP contribution in [-0.4, -0.2) is 29.6 Å². The molecule has 0 bridgehead atoms. The Balaban J connectivity index is 2.39. The first-order chi connectivity index (χ1) is 7.99. The van der Waals surface area contributed by atoms with Gasteiger partial charge in [-0.1, -0.05) is 23.2 Å². The Kier molecular flexibility index (Phi) is 3.67. The van der Waals surface area contributed by atoms with Gasteiger partial charge in [0.2, 0.25) is 0 Å². The first-order valence-corrected chi connectivity index (χ1v) is 6.35. The molecule has 1 aromatic carbocycles. The Bertz CT molecular complexity index is 531. The van der Waals surface area contributed by atoms with Crippen LogP contribution in [-0.2, 0) is 6.54 Å². The molecule has 2 rings (SSSR count). The first-order valence-electron chi connectivity index (χ1n) is 5.59. The highest BCUT2D eigenvalue weighted by molar-refractivity contribution is 6.42. The molecule has 0 amide bonds. The van der Waals surface area contributed by atoms with E-state index in [0.29, 0.717) is 16.1 Å². The van der Waals surface area contributed by atoms with E-state index in [2.05, 4.69) is 42.7 Å². The summed E-state index contributed by atoms with van der Waals surface area (Å²) in [5, 5.41) is 2.35. The third-order valence-electron chi connectivity index (χ3n) is 3.16. The Morgan fingerprint density at radius 3 is 2.53 bits per heavy atom. The molecule has 1 atom stereocenters. The SMILES string of the molecule is CC(Cn1ccc2cc(Cl)c(Cl)cc21)N(C)C. The first kappa shape index (κ1) is 12.7. The minimum Gasteiger partial charge on any atom is -0.346 e. The van der Waals surface area contributed by atoms with Gasteiger partial charge < -0.3 is 9.47 Å². The summed E-state index contributed by atoms with van der Waals surface area (Å²) in [6, 6.07) is 6.39. The van der Waals surface area contributed by atoms with Gasteiger partial charge in [-0.3, -0.25) is 0 Å². The lowest BCUT2D eigenvalue weighted by atomic mass is 10.2. The topological polar surface area (TPSA) is 8.17 Å². The molecule has 0 aliphatic rings. The molecule has 0 fully saturated rings. The fraction of sp³-hybridized carbons (Fsp3) is 0.385. The van der Waals surface area contributed by atoms with E-state index in [1.54, 1.807) is 0 Å². The van der Waals surface area contributed by atoms with Crippen LogP contribution in [0.3, 0.4) is 0 Å². The zero-order chi connectivity index (χ0) is 12.6. The lowest BCUT2D eigenvalue weighted by molar-refractivity contribution is 0.286. The minimum atomic E-state index is 0.472. The number of aromatic nitrogens is 1. The summed E-state index contributed by atoms with van der Waals surface area (Å²) in [6.45, 7) is 3.14. The molecule has 0 saturated heterocycles. The Labute approximate surface area is 112 Å². The molecule has 1 unspecified atom stereocenters. The molecule has 0 radical (unpaired) electrons. The van der Waals surface area contributed by atoms with E-state index in [-0.39, 0.29) is 0 Å². The van der Waals surface area contributed by atoms with Gasteiger partial charge in [0.25, 0.3) is 0 Å². The number of rotatable bonds is 3. The molecule has 0 aliphatic heterocycles. The van der Waals surface area contributed by atoms with Crippen LogP contribution in [0, 0.1) is 0 Å². The number of likely N-dealkylation sites (N-methyl/N-ethyl adjacent to an activating group) is 1. The number of halogens is 2. The van der Waals surface area contributed by atoms with Crippen molar-refractivity contribution >= 4 is 34.1 Å². The van der Waals surface area contributed by atoms with E-state index in [4.69, 9.17) is 23.2 Å². The van der Waals surface area contributed by atoms with Crippen molar-refractivity contribution in [3.63, 3.8) is 0 Å². The number of fused-ring (bicyclic) bond motifs is 1. The zero-order valence-electron chi connectivity index (χ0n) is 10.2. The third kappa shape index (κ3) is 2.59. The van der Waals surface area contributed by atoms with E-state index >= 15 is 0 Å². The van der Waals surface area contributed by atoms with Crippen molar-refractivity contribution in [2.24, 2.45) is 0 Å². The molecule has 0 saturated carbocycles. The second-order valence-corrected chi connectivity index (χ2v) is 5.42. The number of nitrogens with zero attached hydrogens (tertiary/aromatic N) is 2. The maximum atomic E-state index is 6.06. The molecule has 0 N–H and O–H groups in total. The summed E-state index contributed by atoms with van der Waals surface area (Å²) in [4.78, 5) is 2.20. The largest absolute Gasteiger partial charge is 0.346 e.